The topological polar surface area (TPSA) is 112 Å². The smallest absolute Gasteiger partial charge is 0.388 e. The molecule has 170 valence electrons. The van der Waals surface area contributed by atoms with Crippen molar-refractivity contribution in [3.63, 3.8) is 0 Å². The quantitative estimate of drug-likeness (QED) is 0.645. The third-order valence-electron chi connectivity index (χ3n) is 5.13. The highest BCUT2D eigenvalue weighted by atomic mass is 32.2. The summed E-state index contributed by atoms with van der Waals surface area (Å²) in [7, 11) is 0. The summed E-state index contributed by atoms with van der Waals surface area (Å²) in [6.07, 6.45) is 0.464. The molecule has 8 nitrogen and oxygen atoms in total. The van der Waals surface area contributed by atoms with E-state index in [0.29, 0.717) is 5.75 Å². The number of carbonyl (C=O) groups excluding carboxylic acids is 1. The number of hydrogen-bond acceptors (Lipinski definition) is 8. The number of amides is 1. The number of nitrogens with zero attached hydrogens (tertiary/aromatic N) is 3. The lowest BCUT2D eigenvalue weighted by Gasteiger charge is -2.45. The van der Waals surface area contributed by atoms with Gasteiger partial charge in [-0.15, -0.1) is 0 Å². The molecule has 1 saturated heterocycles. The molecule has 13 heteroatoms. The number of alkyl halides is 3. The minimum atomic E-state index is -3.08. The number of nitrogens with two attached hydrogens (primary N) is 1. The molecule has 2 aliphatic heterocycles. The molecule has 0 spiro atoms. The van der Waals surface area contributed by atoms with Gasteiger partial charge in [0.25, 0.3) is 5.91 Å². The summed E-state index contributed by atoms with van der Waals surface area (Å²) in [4.78, 5) is 24.1. The van der Waals surface area contributed by atoms with Crippen LogP contribution in [0, 0.1) is 11.7 Å². The van der Waals surface area contributed by atoms with Crippen LogP contribution in [0.2, 0.25) is 0 Å². The number of hydrogen-bond donors (Lipinski definition) is 2. The van der Waals surface area contributed by atoms with Crippen molar-refractivity contribution >= 4 is 28.5 Å². The number of thioether (sulfide) groups is 1. The molecule has 3 N–H and O–H groups in total. The monoisotopic (exact) mass is 471 g/mol. The Labute approximate surface area is 183 Å². The molecule has 2 aromatic rings. The number of aromatic nitrogens is 2. The first-order chi connectivity index (χ1) is 15.3. The van der Waals surface area contributed by atoms with Gasteiger partial charge in [-0.2, -0.15) is 8.78 Å². The van der Waals surface area contributed by atoms with Crippen molar-refractivity contribution in [3.8, 4) is 5.88 Å². The highest BCUT2D eigenvalue weighted by Crippen LogP contribution is 2.46. The largest absolute Gasteiger partial charge is 0.415 e. The molecule has 1 aromatic heterocycles. The van der Waals surface area contributed by atoms with E-state index < -0.39 is 41.8 Å². The van der Waals surface area contributed by atoms with Crippen LogP contribution in [0.4, 0.5) is 23.2 Å². The Kier molecular flexibility index (Phi) is 6.20. The predicted octanol–water partition coefficient (Wildman–Crippen LogP) is 2.71. The second-order valence-electron chi connectivity index (χ2n) is 7.09. The van der Waals surface area contributed by atoms with Crippen molar-refractivity contribution < 1.29 is 31.8 Å². The van der Waals surface area contributed by atoms with E-state index in [1.54, 1.807) is 0 Å². The third-order valence-corrected chi connectivity index (χ3v) is 6.04. The molecule has 1 aromatic carbocycles. The van der Waals surface area contributed by atoms with Gasteiger partial charge in [0.05, 0.1) is 25.6 Å². The first kappa shape index (κ1) is 22.3. The van der Waals surface area contributed by atoms with Crippen LogP contribution in [-0.2, 0) is 10.3 Å². The standard InChI is InChI=1S/C19H17F4N5O3S/c20-12-2-1-9(27-16(29)14-4-26-15(5-25-14)31-17(22)23)3-10(12)19-8-30-6-13(21)11(19)7-32-18(24)28-19/h1-5,11,13,17H,6-8H2,(H2,24,28)(H,27,29)/t11-,13-,19-/m1/s1. The zero-order chi connectivity index (χ0) is 22.9. The van der Waals surface area contributed by atoms with Gasteiger partial charge in [-0.05, 0) is 18.2 Å². The van der Waals surface area contributed by atoms with Crippen LogP contribution in [0.5, 0.6) is 5.88 Å². The second kappa shape index (κ2) is 8.90. The summed E-state index contributed by atoms with van der Waals surface area (Å²) in [6.45, 7) is -3.26. The molecule has 0 radical (unpaired) electrons. The van der Waals surface area contributed by atoms with Crippen molar-refractivity contribution in [2.45, 2.75) is 18.3 Å². The highest BCUT2D eigenvalue weighted by molar-refractivity contribution is 8.13. The van der Waals surface area contributed by atoms with Gasteiger partial charge in [-0.25, -0.2) is 23.7 Å². The average molecular weight is 471 g/mol. The molecule has 1 fully saturated rings. The number of halogens is 4. The zero-order valence-electron chi connectivity index (χ0n) is 16.3. The van der Waals surface area contributed by atoms with Crippen LogP contribution in [-0.4, -0.2) is 52.8 Å². The average Bonchev–Trinajstić information content (AvgIpc) is 2.75. The summed E-state index contributed by atoms with van der Waals surface area (Å²) in [5, 5.41) is 2.71. The number of carbonyl (C=O) groups is 1. The lowest BCUT2D eigenvalue weighted by Crippen LogP contribution is -2.53. The zero-order valence-corrected chi connectivity index (χ0v) is 17.1. The fourth-order valence-electron chi connectivity index (χ4n) is 3.66. The van der Waals surface area contributed by atoms with E-state index in [1.807, 2.05) is 0 Å². The van der Waals surface area contributed by atoms with Crippen LogP contribution >= 0.6 is 11.8 Å². The Morgan fingerprint density at radius 2 is 2.16 bits per heavy atom. The Balaban J connectivity index is 1.61. The van der Waals surface area contributed by atoms with Crippen molar-refractivity contribution in [2.24, 2.45) is 16.6 Å². The summed E-state index contributed by atoms with van der Waals surface area (Å²) in [6, 6.07) is 3.78. The van der Waals surface area contributed by atoms with Gasteiger partial charge in [0.1, 0.15) is 23.2 Å². The lowest BCUT2D eigenvalue weighted by atomic mass is 9.75. The molecule has 3 heterocycles. The molecule has 0 saturated carbocycles. The van der Waals surface area contributed by atoms with Crippen LogP contribution < -0.4 is 15.8 Å². The number of nitrogens with one attached hydrogen (secondary N) is 1. The van der Waals surface area contributed by atoms with E-state index >= 15 is 0 Å². The Bertz CT molecular complexity index is 1040. The van der Waals surface area contributed by atoms with Crippen LogP contribution in [0.3, 0.4) is 0 Å². The number of amidine groups is 1. The number of aliphatic imine (C=N–C) groups is 1. The molecule has 0 aliphatic carbocycles. The van der Waals surface area contributed by atoms with Gasteiger partial charge in [0.15, 0.2) is 5.17 Å². The van der Waals surface area contributed by atoms with E-state index in [4.69, 9.17) is 10.5 Å². The van der Waals surface area contributed by atoms with Gasteiger partial charge in [-0.3, -0.25) is 4.79 Å². The SMILES string of the molecule is NC1=N[C@@]2(c3cc(NC(=O)c4cnc(OC(F)F)cn4)ccc3F)COC[C@@H](F)[C@H]2CS1. The van der Waals surface area contributed by atoms with Crippen LogP contribution in [0.1, 0.15) is 16.1 Å². The lowest BCUT2D eigenvalue weighted by molar-refractivity contribution is -0.0531. The second-order valence-corrected chi connectivity index (χ2v) is 8.13. The number of rotatable bonds is 5. The maximum Gasteiger partial charge on any atom is 0.388 e. The van der Waals surface area contributed by atoms with Crippen molar-refractivity contribution in [1.29, 1.82) is 0 Å². The van der Waals surface area contributed by atoms with Crippen molar-refractivity contribution in [2.75, 3.05) is 24.3 Å². The van der Waals surface area contributed by atoms with Crippen LogP contribution in [0.15, 0.2) is 35.6 Å². The molecule has 32 heavy (non-hydrogen) atoms. The molecule has 3 atom stereocenters. The number of ether oxygens (including phenoxy) is 2. The van der Waals surface area contributed by atoms with E-state index in [9.17, 15) is 22.4 Å². The van der Waals surface area contributed by atoms with Gasteiger partial charge < -0.3 is 20.5 Å². The Morgan fingerprint density at radius 3 is 2.88 bits per heavy atom. The molecule has 4 rings (SSSR count). The molecule has 0 unspecified atom stereocenters. The van der Waals surface area contributed by atoms with Crippen molar-refractivity contribution in [1.82, 2.24) is 9.97 Å². The van der Waals surface area contributed by atoms with Gasteiger partial charge in [-0.1, -0.05) is 11.8 Å². The third kappa shape index (κ3) is 4.35. The fraction of sp³-hybridized carbons (Fsp3) is 0.368. The summed E-state index contributed by atoms with van der Waals surface area (Å²) in [5.74, 6) is -2.18. The molecular formula is C19H17F4N5O3S. The first-order valence-corrected chi connectivity index (χ1v) is 10.4. The van der Waals surface area contributed by atoms with Crippen molar-refractivity contribution in [3.05, 3.63) is 47.7 Å². The molecule has 1 amide bonds. The maximum atomic E-state index is 14.9. The maximum absolute atomic E-state index is 14.9. The molecule has 0 bridgehead atoms. The van der Waals surface area contributed by atoms with E-state index in [0.717, 1.165) is 18.5 Å². The Hall–Kier alpha value is -2.93. The van der Waals surface area contributed by atoms with E-state index in [2.05, 4.69) is 25.0 Å². The minimum Gasteiger partial charge on any atom is -0.415 e. The summed E-state index contributed by atoms with van der Waals surface area (Å²) >= 11 is 1.19. The van der Waals surface area contributed by atoms with E-state index in [1.165, 1.54) is 23.9 Å². The Morgan fingerprint density at radius 1 is 1.34 bits per heavy atom. The van der Waals surface area contributed by atoms with Crippen LogP contribution in [0.25, 0.3) is 0 Å². The highest BCUT2D eigenvalue weighted by Gasteiger charge is 2.51. The number of anilines is 1. The number of fused-ring (bicyclic) bond motifs is 1. The fourth-order valence-corrected chi connectivity index (χ4v) is 4.73. The molecular weight excluding hydrogens is 454 g/mol. The predicted molar refractivity (Wildman–Crippen MR) is 108 cm³/mol. The molecule has 2 aliphatic rings. The first-order valence-electron chi connectivity index (χ1n) is 9.36. The van der Waals surface area contributed by atoms with Gasteiger partial charge in [0, 0.05) is 22.9 Å². The van der Waals surface area contributed by atoms with Gasteiger partial charge >= 0.3 is 6.61 Å². The van der Waals surface area contributed by atoms with Gasteiger partial charge in [0.2, 0.25) is 5.88 Å². The number of benzene rings is 1. The summed E-state index contributed by atoms with van der Waals surface area (Å²) < 4.78 is 63.4. The van der Waals surface area contributed by atoms with E-state index in [-0.39, 0.29) is 35.3 Å². The normalized spacial score (nSPS) is 25.1. The summed E-state index contributed by atoms with van der Waals surface area (Å²) in [5.41, 5.74) is 4.53. The minimum absolute atomic E-state index is 0.0395.